The van der Waals surface area contributed by atoms with E-state index < -0.39 is 5.82 Å². The number of anilines is 1. The van der Waals surface area contributed by atoms with Crippen LogP contribution in [0, 0.1) is 5.82 Å². The van der Waals surface area contributed by atoms with Gasteiger partial charge < -0.3 is 14.1 Å². The molecule has 0 spiro atoms. The molecule has 0 bridgehead atoms. The third-order valence-electron chi connectivity index (χ3n) is 4.00. The van der Waals surface area contributed by atoms with Crippen molar-refractivity contribution in [3.63, 3.8) is 0 Å². The van der Waals surface area contributed by atoms with Crippen LogP contribution in [0.5, 0.6) is 5.75 Å². The zero-order chi connectivity index (χ0) is 17.2. The first-order valence-electron chi connectivity index (χ1n) is 7.95. The normalized spacial score (nSPS) is 13.6. The minimum atomic E-state index is -0.438. The fourth-order valence-electron chi connectivity index (χ4n) is 2.80. The topological polar surface area (TPSA) is 55.6 Å². The molecule has 6 heteroatoms. The Hall–Kier alpha value is -3.15. The maximum absolute atomic E-state index is 14.0. The Labute approximate surface area is 143 Å². The summed E-state index contributed by atoms with van der Waals surface area (Å²) in [5.41, 5.74) is 0.834. The quantitative estimate of drug-likeness (QED) is 0.729. The number of rotatable bonds is 4. The third kappa shape index (κ3) is 2.98. The van der Waals surface area contributed by atoms with Gasteiger partial charge in [-0.25, -0.2) is 9.37 Å². The number of aromatic nitrogens is 1. The van der Waals surface area contributed by atoms with Gasteiger partial charge >= 0.3 is 0 Å². The van der Waals surface area contributed by atoms with Crippen LogP contribution in [0.1, 0.15) is 22.1 Å². The maximum atomic E-state index is 14.0. The van der Waals surface area contributed by atoms with Gasteiger partial charge in [0.05, 0.1) is 11.4 Å². The minimum absolute atomic E-state index is 0.129. The molecule has 5 nitrogen and oxygen atoms in total. The molecule has 1 aliphatic rings. The van der Waals surface area contributed by atoms with Gasteiger partial charge in [-0.05, 0) is 24.3 Å². The van der Waals surface area contributed by atoms with E-state index in [4.69, 9.17) is 9.15 Å². The lowest BCUT2D eigenvalue weighted by Gasteiger charge is -2.25. The number of carbonyl (C=O) groups is 1. The number of ether oxygens (including phenoxy) is 1. The van der Waals surface area contributed by atoms with Crippen molar-refractivity contribution in [2.75, 3.05) is 11.4 Å². The first-order valence-corrected chi connectivity index (χ1v) is 7.95. The van der Waals surface area contributed by atoms with Gasteiger partial charge in [0.1, 0.15) is 11.6 Å². The van der Waals surface area contributed by atoms with Crippen LogP contribution >= 0.6 is 0 Å². The number of benzene rings is 2. The molecule has 0 fully saturated rings. The molecule has 1 amide bonds. The average molecular weight is 338 g/mol. The lowest BCUT2D eigenvalue weighted by Crippen LogP contribution is -2.37. The summed E-state index contributed by atoms with van der Waals surface area (Å²) in [5, 5.41) is 0. The Morgan fingerprint density at radius 1 is 1.12 bits per heavy atom. The molecule has 1 aliphatic heterocycles. The van der Waals surface area contributed by atoms with Gasteiger partial charge in [0, 0.05) is 13.0 Å². The molecular weight excluding hydrogens is 323 g/mol. The van der Waals surface area contributed by atoms with Gasteiger partial charge in [0.2, 0.25) is 11.7 Å². The maximum Gasteiger partial charge on any atom is 0.296 e. The Kier molecular flexibility index (Phi) is 3.93. The molecule has 1 aromatic heterocycles. The van der Waals surface area contributed by atoms with Gasteiger partial charge in [0.15, 0.2) is 6.61 Å². The monoisotopic (exact) mass is 338 g/mol. The lowest BCUT2D eigenvalue weighted by molar-refractivity contribution is 0.0947. The number of amides is 1. The number of carbonyl (C=O) groups excluding carboxylic acids is 1. The third-order valence-corrected chi connectivity index (χ3v) is 4.00. The van der Waals surface area contributed by atoms with Crippen LogP contribution in [-0.4, -0.2) is 17.4 Å². The van der Waals surface area contributed by atoms with Crippen molar-refractivity contribution in [3.8, 4) is 5.75 Å². The molecule has 0 saturated heterocycles. The Morgan fingerprint density at radius 3 is 2.68 bits per heavy atom. The van der Waals surface area contributed by atoms with Crippen molar-refractivity contribution < 1.29 is 18.3 Å². The lowest BCUT2D eigenvalue weighted by atomic mass is 10.1. The van der Waals surface area contributed by atoms with Gasteiger partial charge in [-0.15, -0.1) is 0 Å². The molecule has 0 radical (unpaired) electrons. The standard InChI is InChI=1S/C19H15FN2O3/c20-14-8-4-5-9-16(14)22-11-10-15-18(19(22)23)25-17(21-15)12-24-13-6-2-1-3-7-13/h1-9H,10-12H2. The van der Waals surface area contributed by atoms with Gasteiger partial charge in [0.25, 0.3) is 5.91 Å². The van der Waals surface area contributed by atoms with E-state index in [9.17, 15) is 9.18 Å². The minimum Gasteiger partial charge on any atom is -0.484 e. The molecule has 3 aromatic rings. The number of para-hydroxylation sites is 2. The van der Waals surface area contributed by atoms with E-state index in [2.05, 4.69) is 4.98 Å². The van der Waals surface area contributed by atoms with Crippen molar-refractivity contribution in [3.05, 3.63) is 77.8 Å². The number of nitrogens with zero attached hydrogens (tertiary/aromatic N) is 2. The van der Waals surface area contributed by atoms with E-state index in [1.165, 1.54) is 11.0 Å². The molecule has 0 unspecified atom stereocenters. The molecule has 0 aliphatic carbocycles. The highest BCUT2D eigenvalue weighted by Gasteiger charge is 2.32. The first kappa shape index (κ1) is 15.4. The zero-order valence-corrected chi connectivity index (χ0v) is 13.3. The van der Waals surface area contributed by atoms with Crippen LogP contribution in [0.2, 0.25) is 0 Å². The van der Waals surface area contributed by atoms with Gasteiger partial charge in [-0.3, -0.25) is 4.79 Å². The summed E-state index contributed by atoms with van der Waals surface area (Å²) in [7, 11) is 0. The van der Waals surface area contributed by atoms with E-state index in [0.717, 1.165) is 0 Å². The summed E-state index contributed by atoms with van der Waals surface area (Å²) in [6.45, 7) is 0.488. The second-order valence-corrected chi connectivity index (χ2v) is 5.64. The van der Waals surface area contributed by atoms with Crippen LogP contribution in [-0.2, 0) is 13.0 Å². The summed E-state index contributed by atoms with van der Waals surface area (Å²) in [6.07, 6.45) is 0.504. The number of hydrogen-bond donors (Lipinski definition) is 0. The Bertz CT molecular complexity index is 908. The predicted molar refractivity (Wildman–Crippen MR) is 89.1 cm³/mol. The molecule has 25 heavy (non-hydrogen) atoms. The zero-order valence-electron chi connectivity index (χ0n) is 13.3. The van der Waals surface area contributed by atoms with Crippen molar-refractivity contribution >= 4 is 11.6 Å². The van der Waals surface area contributed by atoms with Crippen molar-refractivity contribution in [1.29, 1.82) is 0 Å². The molecule has 0 N–H and O–H groups in total. The van der Waals surface area contributed by atoms with E-state index in [-0.39, 0.29) is 24.0 Å². The summed E-state index contributed by atoms with van der Waals surface area (Å²) in [4.78, 5) is 18.4. The van der Waals surface area contributed by atoms with Crippen LogP contribution in [0.25, 0.3) is 0 Å². The van der Waals surface area contributed by atoms with E-state index in [0.29, 0.717) is 30.3 Å². The predicted octanol–water partition coefficient (Wildman–Crippen LogP) is 3.60. The molecule has 126 valence electrons. The molecule has 2 aromatic carbocycles. The molecule has 0 saturated carbocycles. The highest BCUT2D eigenvalue weighted by atomic mass is 19.1. The van der Waals surface area contributed by atoms with Crippen LogP contribution in [0.4, 0.5) is 10.1 Å². The summed E-state index contributed by atoms with van der Waals surface area (Å²) in [5.74, 6) is 0.355. The van der Waals surface area contributed by atoms with E-state index in [1.807, 2.05) is 30.3 Å². The molecular formula is C19H15FN2O3. The smallest absolute Gasteiger partial charge is 0.296 e. The second-order valence-electron chi connectivity index (χ2n) is 5.64. The number of hydrogen-bond acceptors (Lipinski definition) is 4. The number of halogens is 1. The number of fused-ring (bicyclic) bond motifs is 1. The summed E-state index contributed by atoms with van der Waals surface area (Å²) in [6, 6.07) is 15.5. The van der Waals surface area contributed by atoms with Crippen LogP contribution in [0.3, 0.4) is 0 Å². The van der Waals surface area contributed by atoms with Crippen molar-refractivity contribution in [2.24, 2.45) is 0 Å². The molecule has 0 atom stereocenters. The van der Waals surface area contributed by atoms with Gasteiger partial charge in [-0.1, -0.05) is 30.3 Å². The highest BCUT2D eigenvalue weighted by Crippen LogP contribution is 2.27. The van der Waals surface area contributed by atoms with E-state index in [1.54, 1.807) is 18.2 Å². The Balaban J connectivity index is 1.54. The summed E-state index contributed by atoms with van der Waals surface area (Å²) >= 11 is 0. The fourth-order valence-corrected chi connectivity index (χ4v) is 2.80. The average Bonchev–Trinajstić information content (AvgIpc) is 3.06. The number of oxazole rings is 1. The van der Waals surface area contributed by atoms with Crippen molar-refractivity contribution in [1.82, 2.24) is 4.98 Å². The molecule has 2 heterocycles. The summed E-state index contributed by atoms with van der Waals surface area (Å²) < 4.78 is 25.2. The second kappa shape index (κ2) is 6.39. The molecule has 4 rings (SSSR count). The van der Waals surface area contributed by atoms with Gasteiger partial charge in [-0.2, -0.15) is 0 Å². The van der Waals surface area contributed by atoms with E-state index >= 15 is 0 Å². The highest BCUT2D eigenvalue weighted by molar-refractivity contribution is 6.06. The van der Waals surface area contributed by atoms with Crippen LogP contribution in [0.15, 0.2) is 59.0 Å². The first-order chi connectivity index (χ1) is 12.2. The Morgan fingerprint density at radius 2 is 1.88 bits per heavy atom. The SMILES string of the molecule is O=C1c2oc(COc3ccccc3)nc2CCN1c1ccccc1F. The van der Waals surface area contributed by atoms with Crippen molar-refractivity contribution in [2.45, 2.75) is 13.0 Å². The fraction of sp³-hybridized carbons (Fsp3) is 0.158. The largest absolute Gasteiger partial charge is 0.484 e. The van der Waals surface area contributed by atoms with Crippen LogP contribution < -0.4 is 9.64 Å².